The maximum atomic E-state index is 11.9. The normalized spacial score (nSPS) is 29.5. The van der Waals surface area contributed by atoms with Crippen LogP contribution in [0.1, 0.15) is 25.0 Å². The summed E-state index contributed by atoms with van der Waals surface area (Å²) in [4.78, 5) is 11.9. The molecule has 20 heavy (non-hydrogen) atoms. The molecule has 0 aliphatic carbocycles. The molecule has 2 aliphatic heterocycles. The molecule has 1 aromatic rings. The molecule has 0 aromatic carbocycles. The maximum absolute atomic E-state index is 11.9. The molecular weight excluding hydrogens is 260 g/mol. The van der Waals surface area contributed by atoms with E-state index in [9.17, 15) is 4.79 Å². The first-order chi connectivity index (χ1) is 9.76. The third-order valence-corrected chi connectivity index (χ3v) is 3.90. The van der Waals surface area contributed by atoms with E-state index in [0.29, 0.717) is 19.8 Å². The van der Waals surface area contributed by atoms with Gasteiger partial charge in [-0.3, -0.25) is 0 Å². The summed E-state index contributed by atoms with van der Waals surface area (Å²) in [6.07, 6.45) is 4.17. The first kappa shape index (κ1) is 13.5. The van der Waals surface area contributed by atoms with Gasteiger partial charge in [-0.05, 0) is 25.0 Å². The molecule has 1 aromatic heterocycles. The molecule has 0 saturated carbocycles. The predicted octanol–water partition coefficient (Wildman–Crippen LogP) is 1.42. The second-order valence-electron chi connectivity index (χ2n) is 5.43. The van der Waals surface area contributed by atoms with E-state index in [2.05, 4.69) is 10.6 Å². The summed E-state index contributed by atoms with van der Waals surface area (Å²) in [5.74, 6) is 0.743. The largest absolute Gasteiger partial charge is 0.467 e. The van der Waals surface area contributed by atoms with Crippen LogP contribution in [-0.2, 0) is 16.0 Å². The van der Waals surface area contributed by atoms with Crippen molar-refractivity contribution >= 4 is 6.03 Å². The number of carbonyl (C=O) groups is 1. The van der Waals surface area contributed by atoms with Crippen LogP contribution in [0, 0.1) is 0 Å². The van der Waals surface area contributed by atoms with Gasteiger partial charge in [-0.25, -0.2) is 4.79 Å². The van der Waals surface area contributed by atoms with Crippen LogP contribution >= 0.6 is 0 Å². The lowest BCUT2D eigenvalue weighted by atomic mass is 9.90. The number of carbonyl (C=O) groups excluding carboxylic acids is 1. The van der Waals surface area contributed by atoms with Crippen LogP contribution in [0.4, 0.5) is 4.79 Å². The van der Waals surface area contributed by atoms with Gasteiger partial charge in [-0.15, -0.1) is 0 Å². The molecule has 2 aliphatic rings. The van der Waals surface area contributed by atoms with E-state index in [0.717, 1.165) is 31.6 Å². The number of rotatable bonds is 3. The van der Waals surface area contributed by atoms with Gasteiger partial charge in [-0.1, -0.05) is 0 Å². The summed E-state index contributed by atoms with van der Waals surface area (Å²) in [7, 11) is 0. The van der Waals surface area contributed by atoms with Gasteiger partial charge in [0.2, 0.25) is 0 Å². The molecule has 3 heterocycles. The minimum absolute atomic E-state index is 0.141. The van der Waals surface area contributed by atoms with Gasteiger partial charge in [0.05, 0.1) is 25.0 Å². The smallest absolute Gasteiger partial charge is 0.315 e. The summed E-state index contributed by atoms with van der Waals surface area (Å²) in [5.41, 5.74) is -0.183. The molecule has 1 spiro atoms. The summed E-state index contributed by atoms with van der Waals surface area (Å²) in [6, 6.07) is 3.61. The van der Waals surface area contributed by atoms with E-state index in [-0.39, 0.29) is 17.7 Å². The molecule has 2 saturated heterocycles. The quantitative estimate of drug-likeness (QED) is 0.878. The maximum Gasteiger partial charge on any atom is 0.315 e. The molecule has 6 heteroatoms. The fourth-order valence-electron chi connectivity index (χ4n) is 2.83. The Balaban J connectivity index is 1.46. The van der Waals surface area contributed by atoms with Gasteiger partial charge < -0.3 is 24.5 Å². The molecule has 6 nitrogen and oxygen atoms in total. The minimum atomic E-state index is -0.183. The standard InChI is InChI=1S/C14H20N2O4/c17-13(15-9-12-2-1-5-19-12)16-11-3-6-20-14(8-11)4-7-18-10-14/h1-2,5,11H,3-4,6-10H2,(H2,15,16,17)/t11-,14+/m1/s1. The molecule has 2 N–H and O–H groups in total. The Morgan fingerprint density at radius 1 is 1.45 bits per heavy atom. The molecule has 0 unspecified atom stereocenters. The minimum Gasteiger partial charge on any atom is -0.467 e. The van der Waals surface area contributed by atoms with Crippen molar-refractivity contribution in [1.82, 2.24) is 10.6 Å². The van der Waals surface area contributed by atoms with Crippen molar-refractivity contribution in [3.05, 3.63) is 24.2 Å². The fraction of sp³-hybridized carbons (Fsp3) is 0.643. The Morgan fingerprint density at radius 2 is 2.40 bits per heavy atom. The molecule has 0 bridgehead atoms. The van der Waals surface area contributed by atoms with Crippen molar-refractivity contribution in [3.63, 3.8) is 0 Å². The average Bonchev–Trinajstić information content (AvgIpc) is 3.09. The van der Waals surface area contributed by atoms with Gasteiger partial charge in [0, 0.05) is 25.7 Å². The summed E-state index contributed by atoms with van der Waals surface area (Å²) in [6.45, 7) is 2.46. The van der Waals surface area contributed by atoms with Crippen LogP contribution in [0.3, 0.4) is 0 Å². The van der Waals surface area contributed by atoms with Crippen molar-refractivity contribution in [3.8, 4) is 0 Å². The van der Waals surface area contributed by atoms with E-state index in [1.54, 1.807) is 12.3 Å². The third kappa shape index (κ3) is 3.13. The van der Waals surface area contributed by atoms with Gasteiger partial charge in [-0.2, -0.15) is 0 Å². The topological polar surface area (TPSA) is 72.7 Å². The van der Waals surface area contributed by atoms with Crippen molar-refractivity contribution in [2.75, 3.05) is 19.8 Å². The second kappa shape index (κ2) is 5.85. The lowest BCUT2D eigenvalue weighted by Crippen LogP contribution is -2.51. The highest BCUT2D eigenvalue weighted by molar-refractivity contribution is 5.74. The number of nitrogens with one attached hydrogen (secondary N) is 2. The van der Waals surface area contributed by atoms with Crippen molar-refractivity contribution in [2.24, 2.45) is 0 Å². The monoisotopic (exact) mass is 280 g/mol. The molecule has 3 rings (SSSR count). The fourth-order valence-corrected chi connectivity index (χ4v) is 2.83. The predicted molar refractivity (Wildman–Crippen MR) is 71.2 cm³/mol. The van der Waals surface area contributed by atoms with Crippen LogP contribution in [0.25, 0.3) is 0 Å². The molecule has 2 amide bonds. The summed E-state index contributed by atoms with van der Waals surface area (Å²) < 4.78 is 16.4. The lowest BCUT2D eigenvalue weighted by Gasteiger charge is -2.37. The zero-order chi connectivity index (χ0) is 13.8. The van der Waals surface area contributed by atoms with E-state index in [1.165, 1.54) is 0 Å². The van der Waals surface area contributed by atoms with E-state index in [4.69, 9.17) is 13.9 Å². The molecular formula is C14H20N2O4. The van der Waals surface area contributed by atoms with Gasteiger partial charge in [0.25, 0.3) is 0 Å². The van der Waals surface area contributed by atoms with E-state index in [1.807, 2.05) is 6.07 Å². The Hall–Kier alpha value is -1.53. The third-order valence-electron chi connectivity index (χ3n) is 3.90. The summed E-state index contributed by atoms with van der Waals surface area (Å²) >= 11 is 0. The van der Waals surface area contributed by atoms with Gasteiger partial charge in [0.15, 0.2) is 0 Å². The number of urea groups is 1. The molecule has 0 radical (unpaired) electrons. The number of ether oxygens (including phenoxy) is 2. The Kier molecular flexibility index (Phi) is 3.93. The first-order valence-corrected chi connectivity index (χ1v) is 7.04. The Morgan fingerprint density at radius 3 is 3.15 bits per heavy atom. The van der Waals surface area contributed by atoms with E-state index >= 15 is 0 Å². The van der Waals surface area contributed by atoms with E-state index < -0.39 is 0 Å². The van der Waals surface area contributed by atoms with Gasteiger partial charge in [0.1, 0.15) is 5.76 Å². The SMILES string of the molecule is O=C(NCc1ccco1)N[C@@H]1CCO[C@@]2(CCOC2)C1. The lowest BCUT2D eigenvalue weighted by molar-refractivity contribution is -0.0878. The van der Waals surface area contributed by atoms with Crippen LogP contribution in [0.15, 0.2) is 22.8 Å². The van der Waals surface area contributed by atoms with Crippen molar-refractivity contribution in [1.29, 1.82) is 0 Å². The van der Waals surface area contributed by atoms with Crippen molar-refractivity contribution in [2.45, 2.75) is 37.5 Å². The highest BCUT2D eigenvalue weighted by Crippen LogP contribution is 2.32. The molecule has 2 fully saturated rings. The zero-order valence-electron chi connectivity index (χ0n) is 11.4. The zero-order valence-corrected chi connectivity index (χ0v) is 11.4. The van der Waals surface area contributed by atoms with Gasteiger partial charge >= 0.3 is 6.03 Å². The number of hydrogen-bond acceptors (Lipinski definition) is 4. The Labute approximate surface area is 117 Å². The summed E-state index contributed by atoms with van der Waals surface area (Å²) in [5, 5.41) is 5.80. The highest BCUT2D eigenvalue weighted by atomic mass is 16.6. The van der Waals surface area contributed by atoms with Crippen molar-refractivity contribution < 1.29 is 18.7 Å². The van der Waals surface area contributed by atoms with Crippen LogP contribution in [0.5, 0.6) is 0 Å². The van der Waals surface area contributed by atoms with Crippen LogP contribution in [0.2, 0.25) is 0 Å². The molecule has 2 atom stereocenters. The second-order valence-corrected chi connectivity index (χ2v) is 5.43. The highest BCUT2D eigenvalue weighted by Gasteiger charge is 2.41. The first-order valence-electron chi connectivity index (χ1n) is 7.04. The average molecular weight is 280 g/mol. The number of furan rings is 1. The van der Waals surface area contributed by atoms with Crippen LogP contribution in [-0.4, -0.2) is 37.5 Å². The molecule has 110 valence electrons. The number of hydrogen-bond donors (Lipinski definition) is 2. The van der Waals surface area contributed by atoms with Crippen LogP contribution < -0.4 is 10.6 Å². The Bertz CT molecular complexity index is 440. The number of amides is 2.